The number of hydrogen-bond donors (Lipinski definition) is 1. The number of rotatable bonds is 5. The van der Waals surface area contributed by atoms with Crippen LogP contribution in [0.5, 0.6) is 0 Å². The highest BCUT2D eigenvalue weighted by Gasteiger charge is 2.32. The summed E-state index contributed by atoms with van der Waals surface area (Å²) in [5.41, 5.74) is 3.65. The summed E-state index contributed by atoms with van der Waals surface area (Å²) < 4.78 is 28.4. The average molecular weight is 526 g/mol. The van der Waals surface area contributed by atoms with Crippen molar-refractivity contribution in [2.75, 3.05) is 18.4 Å². The molecule has 3 amide bonds. The summed E-state index contributed by atoms with van der Waals surface area (Å²) in [6, 6.07) is 28.8. The highest BCUT2D eigenvalue weighted by atomic mass is 19.1. The number of urea groups is 1. The van der Waals surface area contributed by atoms with E-state index in [1.807, 2.05) is 54.6 Å². The normalized spacial score (nSPS) is 15.9. The Kier molecular flexibility index (Phi) is 7.96. The van der Waals surface area contributed by atoms with E-state index in [4.69, 9.17) is 0 Å². The third-order valence-electron chi connectivity index (χ3n) is 7.00. The molecule has 1 atom stereocenters. The maximum absolute atomic E-state index is 14.9. The molecule has 0 aliphatic carbocycles. The van der Waals surface area contributed by atoms with Gasteiger partial charge in [0.2, 0.25) is 5.91 Å². The summed E-state index contributed by atoms with van der Waals surface area (Å²) in [6.45, 7) is 0.357. The predicted octanol–water partition coefficient (Wildman–Crippen LogP) is 7.03. The summed E-state index contributed by atoms with van der Waals surface area (Å²) >= 11 is 0. The number of halogens is 2. The Morgan fingerprint density at radius 2 is 1.54 bits per heavy atom. The van der Waals surface area contributed by atoms with E-state index in [9.17, 15) is 18.4 Å². The lowest BCUT2D eigenvalue weighted by Gasteiger charge is -2.37. The summed E-state index contributed by atoms with van der Waals surface area (Å²) in [5, 5.41) is 2.98. The SMILES string of the molecule is O=C(Nc1ccccc1-c1ccccc1)N1CCCC(c2ccccc2F)N(Cc2ccc(F)cc2)C(=O)C1. The van der Waals surface area contributed by atoms with Crippen molar-refractivity contribution >= 4 is 17.6 Å². The molecule has 0 spiro atoms. The van der Waals surface area contributed by atoms with Crippen molar-refractivity contribution in [3.63, 3.8) is 0 Å². The molecule has 0 aromatic heterocycles. The molecule has 5 rings (SSSR count). The van der Waals surface area contributed by atoms with Gasteiger partial charge in [-0.3, -0.25) is 4.79 Å². The molecule has 1 heterocycles. The molecule has 1 fully saturated rings. The molecule has 1 aliphatic heterocycles. The zero-order valence-electron chi connectivity index (χ0n) is 21.4. The lowest BCUT2D eigenvalue weighted by Crippen LogP contribution is -2.48. The number of anilines is 1. The van der Waals surface area contributed by atoms with Gasteiger partial charge in [0.25, 0.3) is 0 Å². The second kappa shape index (κ2) is 11.9. The minimum absolute atomic E-state index is 0.161. The van der Waals surface area contributed by atoms with Crippen LogP contribution in [-0.4, -0.2) is 34.8 Å². The molecular weight excluding hydrogens is 496 g/mol. The van der Waals surface area contributed by atoms with E-state index in [0.29, 0.717) is 30.6 Å². The monoisotopic (exact) mass is 525 g/mol. The highest BCUT2D eigenvalue weighted by molar-refractivity contribution is 5.96. The van der Waals surface area contributed by atoms with Crippen molar-refractivity contribution in [3.05, 3.63) is 126 Å². The molecule has 1 aliphatic rings. The summed E-state index contributed by atoms with van der Waals surface area (Å²) in [5.74, 6) is -1.06. The molecule has 0 radical (unpaired) electrons. The van der Waals surface area contributed by atoms with Crippen molar-refractivity contribution < 1.29 is 18.4 Å². The maximum atomic E-state index is 14.9. The van der Waals surface area contributed by atoms with E-state index < -0.39 is 6.04 Å². The van der Waals surface area contributed by atoms with Gasteiger partial charge in [0.15, 0.2) is 0 Å². The lowest BCUT2D eigenvalue weighted by atomic mass is 9.97. The van der Waals surface area contributed by atoms with Gasteiger partial charge < -0.3 is 15.1 Å². The van der Waals surface area contributed by atoms with Crippen LogP contribution >= 0.6 is 0 Å². The van der Waals surface area contributed by atoms with Crippen LogP contribution in [0.15, 0.2) is 103 Å². The fourth-order valence-electron chi connectivity index (χ4n) is 5.02. The summed E-state index contributed by atoms with van der Waals surface area (Å²) in [6.07, 6.45) is 1.04. The van der Waals surface area contributed by atoms with E-state index in [2.05, 4.69) is 5.32 Å². The van der Waals surface area contributed by atoms with Crippen LogP contribution in [0.4, 0.5) is 19.3 Å². The fourth-order valence-corrected chi connectivity index (χ4v) is 5.02. The molecule has 4 aromatic rings. The van der Waals surface area contributed by atoms with Crippen LogP contribution in [0.2, 0.25) is 0 Å². The van der Waals surface area contributed by atoms with Crippen LogP contribution in [0, 0.1) is 11.6 Å². The fraction of sp³-hybridized carbons (Fsp3) is 0.188. The smallest absolute Gasteiger partial charge is 0.322 e. The Labute approximate surface area is 226 Å². The largest absolute Gasteiger partial charge is 0.330 e. The quantitative estimate of drug-likeness (QED) is 0.304. The molecule has 7 heteroatoms. The number of carbonyl (C=O) groups is 2. The first-order valence-electron chi connectivity index (χ1n) is 13.0. The molecule has 0 saturated carbocycles. The molecule has 5 nitrogen and oxygen atoms in total. The summed E-state index contributed by atoms with van der Waals surface area (Å²) in [4.78, 5) is 30.2. The zero-order valence-corrected chi connectivity index (χ0v) is 21.4. The van der Waals surface area contributed by atoms with Crippen molar-refractivity contribution in [3.8, 4) is 11.1 Å². The van der Waals surface area contributed by atoms with E-state index in [0.717, 1.165) is 16.7 Å². The average Bonchev–Trinajstić information content (AvgIpc) is 2.95. The standard InChI is InChI=1S/C32H29F2N3O2/c33-25-18-16-23(17-19-25)21-37-30(27-12-4-6-13-28(27)34)15-8-20-36(22-31(37)38)32(39)35-29-14-7-5-11-26(29)24-9-2-1-3-10-24/h1-7,9-14,16-19,30H,8,15,20-22H2,(H,35,39). The predicted molar refractivity (Wildman–Crippen MR) is 148 cm³/mol. The molecular formula is C32H29F2N3O2. The number of para-hydroxylation sites is 1. The van der Waals surface area contributed by atoms with Gasteiger partial charge in [0.05, 0.1) is 11.7 Å². The number of nitrogens with zero attached hydrogens (tertiary/aromatic N) is 2. The van der Waals surface area contributed by atoms with Gasteiger partial charge in [0, 0.05) is 24.2 Å². The second-order valence-electron chi connectivity index (χ2n) is 9.59. The molecule has 198 valence electrons. The first-order valence-corrected chi connectivity index (χ1v) is 13.0. The number of amides is 3. The van der Waals surface area contributed by atoms with Crippen LogP contribution < -0.4 is 5.32 Å². The van der Waals surface area contributed by atoms with Crippen molar-refractivity contribution in [2.45, 2.75) is 25.4 Å². The Morgan fingerprint density at radius 3 is 2.31 bits per heavy atom. The Morgan fingerprint density at radius 1 is 0.846 bits per heavy atom. The Bertz CT molecular complexity index is 1440. The third-order valence-corrected chi connectivity index (χ3v) is 7.00. The molecule has 1 saturated heterocycles. The topological polar surface area (TPSA) is 52.7 Å². The van der Waals surface area contributed by atoms with Gasteiger partial charge in [-0.15, -0.1) is 0 Å². The number of benzene rings is 4. The minimum Gasteiger partial charge on any atom is -0.330 e. The van der Waals surface area contributed by atoms with Gasteiger partial charge in [-0.1, -0.05) is 78.9 Å². The van der Waals surface area contributed by atoms with Gasteiger partial charge in [-0.2, -0.15) is 0 Å². The van der Waals surface area contributed by atoms with E-state index in [1.165, 1.54) is 23.1 Å². The molecule has 1 N–H and O–H groups in total. The first-order chi connectivity index (χ1) is 19.0. The first kappa shape index (κ1) is 26.1. The number of hydrogen-bond acceptors (Lipinski definition) is 2. The highest BCUT2D eigenvalue weighted by Crippen LogP contribution is 2.32. The second-order valence-corrected chi connectivity index (χ2v) is 9.59. The third kappa shape index (κ3) is 6.14. The van der Waals surface area contributed by atoms with Gasteiger partial charge in [-0.25, -0.2) is 13.6 Å². The number of nitrogens with one attached hydrogen (secondary N) is 1. The van der Waals surface area contributed by atoms with Crippen molar-refractivity contribution in [1.29, 1.82) is 0 Å². The van der Waals surface area contributed by atoms with E-state index >= 15 is 0 Å². The minimum atomic E-state index is -0.507. The lowest BCUT2D eigenvalue weighted by molar-refractivity contribution is -0.136. The Balaban J connectivity index is 1.39. The van der Waals surface area contributed by atoms with Crippen LogP contribution in [0.1, 0.15) is 30.0 Å². The van der Waals surface area contributed by atoms with Crippen LogP contribution in [0.3, 0.4) is 0 Å². The van der Waals surface area contributed by atoms with Crippen LogP contribution in [-0.2, 0) is 11.3 Å². The molecule has 1 unspecified atom stereocenters. The van der Waals surface area contributed by atoms with Crippen LogP contribution in [0.25, 0.3) is 11.1 Å². The zero-order chi connectivity index (χ0) is 27.2. The van der Waals surface area contributed by atoms with Gasteiger partial charge >= 0.3 is 6.03 Å². The number of carbonyl (C=O) groups excluding carboxylic acids is 2. The molecule has 39 heavy (non-hydrogen) atoms. The van der Waals surface area contributed by atoms with Gasteiger partial charge in [-0.05, 0) is 48.2 Å². The van der Waals surface area contributed by atoms with Crippen molar-refractivity contribution in [2.24, 2.45) is 0 Å². The van der Waals surface area contributed by atoms with Crippen molar-refractivity contribution in [1.82, 2.24) is 9.80 Å². The molecule has 4 aromatic carbocycles. The Hall–Kier alpha value is -4.52. The van der Waals surface area contributed by atoms with E-state index in [1.54, 1.807) is 35.2 Å². The van der Waals surface area contributed by atoms with E-state index in [-0.39, 0.29) is 36.7 Å². The van der Waals surface area contributed by atoms with Gasteiger partial charge in [0.1, 0.15) is 18.2 Å². The molecule has 0 bridgehead atoms. The summed E-state index contributed by atoms with van der Waals surface area (Å²) in [7, 11) is 0. The maximum Gasteiger partial charge on any atom is 0.322 e.